The van der Waals surface area contributed by atoms with Gasteiger partial charge < -0.3 is 0 Å². The lowest BCUT2D eigenvalue weighted by Gasteiger charge is -2.15. The standard InChI is InChI=1S/C12H21N3/c1-3-4-11-5-7-12(8-6-11)9-15(2)10-14-13/h5-8,14H,3-4,9-10,13H2,1-2H3. The van der Waals surface area contributed by atoms with Crippen LogP contribution in [-0.4, -0.2) is 18.6 Å². The number of hydrazine groups is 1. The average molecular weight is 207 g/mol. The predicted octanol–water partition coefficient (Wildman–Crippen LogP) is 1.49. The summed E-state index contributed by atoms with van der Waals surface area (Å²) in [5, 5.41) is 0. The quantitative estimate of drug-likeness (QED) is 0.422. The van der Waals surface area contributed by atoms with Crippen LogP contribution in [0.2, 0.25) is 0 Å². The van der Waals surface area contributed by atoms with E-state index in [2.05, 4.69) is 41.5 Å². The number of nitrogens with zero attached hydrogens (tertiary/aromatic N) is 1. The first-order chi connectivity index (χ1) is 7.26. The monoisotopic (exact) mass is 207 g/mol. The third-order valence-corrected chi connectivity index (χ3v) is 2.38. The molecule has 0 saturated carbocycles. The summed E-state index contributed by atoms with van der Waals surface area (Å²) >= 11 is 0. The van der Waals surface area contributed by atoms with Crippen molar-refractivity contribution in [1.29, 1.82) is 0 Å². The Balaban J connectivity index is 2.48. The van der Waals surface area contributed by atoms with E-state index in [-0.39, 0.29) is 0 Å². The van der Waals surface area contributed by atoms with Crippen LogP contribution in [0.4, 0.5) is 0 Å². The van der Waals surface area contributed by atoms with Crippen LogP contribution in [0.15, 0.2) is 24.3 Å². The van der Waals surface area contributed by atoms with Crippen LogP contribution in [0.3, 0.4) is 0 Å². The van der Waals surface area contributed by atoms with Gasteiger partial charge in [-0.05, 0) is 24.6 Å². The van der Waals surface area contributed by atoms with Gasteiger partial charge in [-0.25, -0.2) is 5.43 Å². The Morgan fingerprint density at radius 1 is 1.20 bits per heavy atom. The molecule has 0 amide bonds. The lowest BCUT2D eigenvalue weighted by atomic mass is 10.1. The maximum Gasteiger partial charge on any atom is 0.0612 e. The summed E-state index contributed by atoms with van der Waals surface area (Å²) in [4.78, 5) is 2.13. The molecule has 0 aromatic heterocycles. The summed E-state index contributed by atoms with van der Waals surface area (Å²) in [5.41, 5.74) is 5.39. The Kier molecular flexibility index (Phi) is 5.32. The van der Waals surface area contributed by atoms with Gasteiger partial charge in [-0.1, -0.05) is 37.6 Å². The number of nitrogens with one attached hydrogen (secondary N) is 1. The summed E-state index contributed by atoms with van der Waals surface area (Å²) in [5.74, 6) is 5.26. The molecule has 0 bridgehead atoms. The van der Waals surface area contributed by atoms with Crippen molar-refractivity contribution in [1.82, 2.24) is 10.3 Å². The second kappa shape index (κ2) is 6.56. The molecule has 0 spiro atoms. The zero-order valence-corrected chi connectivity index (χ0v) is 9.66. The molecule has 3 N–H and O–H groups in total. The van der Waals surface area contributed by atoms with E-state index in [0.717, 1.165) is 6.54 Å². The van der Waals surface area contributed by atoms with Gasteiger partial charge >= 0.3 is 0 Å². The molecule has 0 aliphatic rings. The average Bonchev–Trinajstić information content (AvgIpc) is 2.22. The van der Waals surface area contributed by atoms with Crippen LogP contribution in [-0.2, 0) is 13.0 Å². The van der Waals surface area contributed by atoms with Crippen LogP contribution in [0.5, 0.6) is 0 Å². The van der Waals surface area contributed by atoms with Gasteiger partial charge in [0.25, 0.3) is 0 Å². The number of hydrogen-bond acceptors (Lipinski definition) is 3. The first-order valence-corrected chi connectivity index (χ1v) is 5.46. The van der Waals surface area contributed by atoms with Gasteiger partial charge in [-0.2, -0.15) is 0 Å². The fraction of sp³-hybridized carbons (Fsp3) is 0.500. The first-order valence-electron chi connectivity index (χ1n) is 5.46. The van der Waals surface area contributed by atoms with E-state index >= 15 is 0 Å². The highest BCUT2D eigenvalue weighted by atomic mass is 15.3. The maximum atomic E-state index is 5.26. The van der Waals surface area contributed by atoms with Gasteiger partial charge in [0.05, 0.1) is 6.67 Å². The molecule has 84 valence electrons. The van der Waals surface area contributed by atoms with E-state index in [1.165, 1.54) is 24.0 Å². The minimum absolute atomic E-state index is 0.705. The number of rotatable bonds is 6. The number of aryl methyl sites for hydroxylation is 1. The largest absolute Gasteiger partial charge is 0.288 e. The van der Waals surface area contributed by atoms with E-state index < -0.39 is 0 Å². The first kappa shape index (κ1) is 12.2. The topological polar surface area (TPSA) is 41.3 Å². The van der Waals surface area contributed by atoms with Gasteiger partial charge in [0, 0.05) is 6.54 Å². The molecule has 0 aliphatic heterocycles. The predicted molar refractivity (Wildman–Crippen MR) is 64.1 cm³/mol. The molecule has 1 rings (SSSR count). The van der Waals surface area contributed by atoms with Crippen molar-refractivity contribution in [2.75, 3.05) is 13.7 Å². The van der Waals surface area contributed by atoms with Gasteiger partial charge in [0.15, 0.2) is 0 Å². The van der Waals surface area contributed by atoms with E-state index in [9.17, 15) is 0 Å². The van der Waals surface area contributed by atoms with E-state index in [4.69, 9.17) is 5.84 Å². The van der Waals surface area contributed by atoms with Crippen LogP contribution in [0, 0.1) is 0 Å². The molecule has 3 heteroatoms. The SMILES string of the molecule is CCCc1ccc(CN(C)CNN)cc1. The Bertz CT molecular complexity index is 269. The van der Waals surface area contributed by atoms with E-state index in [1.54, 1.807) is 0 Å². The number of hydrogen-bond donors (Lipinski definition) is 2. The summed E-state index contributed by atoms with van der Waals surface area (Å²) < 4.78 is 0. The van der Waals surface area contributed by atoms with Gasteiger partial charge in [-0.15, -0.1) is 0 Å². The molecule has 3 nitrogen and oxygen atoms in total. The van der Waals surface area contributed by atoms with Gasteiger partial charge in [-0.3, -0.25) is 10.7 Å². The van der Waals surface area contributed by atoms with Crippen molar-refractivity contribution in [2.45, 2.75) is 26.3 Å². The third kappa shape index (κ3) is 4.42. The summed E-state index contributed by atoms with van der Waals surface area (Å²) in [6.07, 6.45) is 2.37. The lowest BCUT2D eigenvalue weighted by molar-refractivity contribution is 0.301. The third-order valence-electron chi connectivity index (χ3n) is 2.38. The molecule has 0 radical (unpaired) electrons. The van der Waals surface area contributed by atoms with Crippen molar-refractivity contribution < 1.29 is 0 Å². The molecule has 0 saturated heterocycles. The summed E-state index contributed by atoms with van der Waals surface area (Å²) in [6.45, 7) is 3.84. The highest BCUT2D eigenvalue weighted by molar-refractivity contribution is 5.22. The lowest BCUT2D eigenvalue weighted by Crippen LogP contribution is -2.34. The van der Waals surface area contributed by atoms with Crippen molar-refractivity contribution in [3.63, 3.8) is 0 Å². The molecule has 0 unspecified atom stereocenters. The van der Waals surface area contributed by atoms with E-state index in [1.807, 2.05) is 7.05 Å². The van der Waals surface area contributed by atoms with Crippen LogP contribution >= 0.6 is 0 Å². The van der Waals surface area contributed by atoms with Crippen LogP contribution in [0.1, 0.15) is 24.5 Å². The zero-order chi connectivity index (χ0) is 11.1. The van der Waals surface area contributed by atoms with Gasteiger partial charge in [0.1, 0.15) is 0 Å². The summed E-state index contributed by atoms with van der Waals surface area (Å²) in [7, 11) is 2.04. The van der Waals surface area contributed by atoms with Crippen LogP contribution < -0.4 is 11.3 Å². The zero-order valence-electron chi connectivity index (χ0n) is 9.66. The Morgan fingerprint density at radius 2 is 1.80 bits per heavy atom. The summed E-state index contributed by atoms with van der Waals surface area (Å²) in [6, 6.07) is 8.81. The van der Waals surface area contributed by atoms with Crippen molar-refractivity contribution in [3.05, 3.63) is 35.4 Å². The maximum absolute atomic E-state index is 5.26. The Labute approximate surface area is 92.2 Å². The minimum Gasteiger partial charge on any atom is -0.288 e. The Morgan fingerprint density at radius 3 is 2.33 bits per heavy atom. The normalized spacial score (nSPS) is 10.9. The second-order valence-corrected chi connectivity index (χ2v) is 3.94. The molecule has 1 aromatic carbocycles. The molecule has 0 aliphatic carbocycles. The fourth-order valence-electron chi connectivity index (χ4n) is 1.62. The molecule has 1 aromatic rings. The second-order valence-electron chi connectivity index (χ2n) is 3.94. The van der Waals surface area contributed by atoms with E-state index in [0.29, 0.717) is 6.67 Å². The molecule has 0 fully saturated rings. The molecule has 0 heterocycles. The highest BCUT2D eigenvalue weighted by Crippen LogP contribution is 2.08. The molecule has 15 heavy (non-hydrogen) atoms. The fourth-order valence-corrected chi connectivity index (χ4v) is 1.62. The van der Waals surface area contributed by atoms with Crippen molar-refractivity contribution in [2.24, 2.45) is 5.84 Å². The van der Waals surface area contributed by atoms with Crippen LogP contribution in [0.25, 0.3) is 0 Å². The van der Waals surface area contributed by atoms with Crippen molar-refractivity contribution in [3.8, 4) is 0 Å². The number of benzene rings is 1. The van der Waals surface area contributed by atoms with Crippen molar-refractivity contribution >= 4 is 0 Å². The van der Waals surface area contributed by atoms with Gasteiger partial charge in [0.2, 0.25) is 0 Å². The molecular formula is C12H21N3. The molecular weight excluding hydrogens is 186 g/mol. The Hall–Kier alpha value is -0.900. The smallest absolute Gasteiger partial charge is 0.0612 e. The minimum atomic E-state index is 0.705. The molecule has 0 atom stereocenters. The highest BCUT2D eigenvalue weighted by Gasteiger charge is 1.98. The number of nitrogens with two attached hydrogens (primary N) is 1.